The largest absolute Gasteiger partial charge is 0.253 e. The van der Waals surface area contributed by atoms with E-state index in [2.05, 4.69) is 32.2 Å². The third-order valence-corrected chi connectivity index (χ3v) is 4.68. The van der Waals surface area contributed by atoms with Gasteiger partial charge in [-0.2, -0.15) is 5.26 Å². The van der Waals surface area contributed by atoms with Crippen molar-refractivity contribution in [3.63, 3.8) is 0 Å². The summed E-state index contributed by atoms with van der Waals surface area (Å²) in [5.41, 5.74) is 5.91. The minimum absolute atomic E-state index is 0.303. The molecular formula is C23H26N2. The van der Waals surface area contributed by atoms with Gasteiger partial charge >= 0.3 is 0 Å². The molecule has 0 aliphatic carbocycles. The number of hydrogen-bond donors (Lipinski definition) is 0. The molecule has 0 N–H and O–H groups in total. The van der Waals surface area contributed by atoms with Gasteiger partial charge in [0.15, 0.2) is 0 Å². The van der Waals surface area contributed by atoms with E-state index in [0.29, 0.717) is 11.5 Å². The maximum absolute atomic E-state index is 9.29. The van der Waals surface area contributed by atoms with Gasteiger partial charge in [0.05, 0.1) is 17.3 Å². The van der Waals surface area contributed by atoms with Gasteiger partial charge in [-0.3, -0.25) is 4.98 Å². The topological polar surface area (TPSA) is 36.7 Å². The summed E-state index contributed by atoms with van der Waals surface area (Å²) in [6.07, 6.45) is 6.30. The van der Waals surface area contributed by atoms with Crippen molar-refractivity contribution in [2.75, 3.05) is 0 Å². The van der Waals surface area contributed by atoms with E-state index in [1.54, 1.807) is 0 Å². The number of hydrogen-bond acceptors (Lipinski definition) is 2. The van der Waals surface area contributed by atoms with E-state index >= 15 is 0 Å². The molecule has 0 amide bonds. The van der Waals surface area contributed by atoms with Crippen LogP contribution in [-0.2, 0) is 0 Å². The summed E-state index contributed by atoms with van der Waals surface area (Å²) in [6, 6.07) is 14.0. The zero-order valence-electron chi connectivity index (χ0n) is 15.3. The normalized spacial score (nSPS) is 11.6. The van der Waals surface area contributed by atoms with Crippen LogP contribution in [0.4, 0.5) is 0 Å². The number of pyridine rings is 1. The van der Waals surface area contributed by atoms with Gasteiger partial charge in [0.1, 0.15) is 0 Å². The summed E-state index contributed by atoms with van der Waals surface area (Å²) in [7, 11) is 0. The SMILES string of the molecule is C=CC(CCCC(=C)CC)c1ccc(-c2ccccc2C#N)nc1C. The first kappa shape index (κ1) is 18.7. The van der Waals surface area contributed by atoms with Crippen LogP contribution in [0.5, 0.6) is 0 Å². The molecule has 128 valence electrons. The van der Waals surface area contributed by atoms with Crippen molar-refractivity contribution >= 4 is 0 Å². The maximum atomic E-state index is 9.29. The van der Waals surface area contributed by atoms with Gasteiger partial charge in [-0.05, 0) is 50.3 Å². The number of allylic oxidation sites excluding steroid dienone is 2. The van der Waals surface area contributed by atoms with E-state index in [9.17, 15) is 5.26 Å². The average Bonchev–Trinajstić information content (AvgIpc) is 2.65. The lowest BCUT2D eigenvalue weighted by Crippen LogP contribution is -2.02. The molecule has 0 spiro atoms. The molecule has 2 heteroatoms. The van der Waals surface area contributed by atoms with Crippen LogP contribution in [0, 0.1) is 18.3 Å². The molecule has 1 aromatic heterocycles. The molecule has 0 bridgehead atoms. The third-order valence-electron chi connectivity index (χ3n) is 4.68. The lowest BCUT2D eigenvalue weighted by Gasteiger charge is -2.16. The quantitative estimate of drug-likeness (QED) is 0.530. The Morgan fingerprint density at radius 2 is 2.04 bits per heavy atom. The summed E-state index contributed by atoms with van der Waals surface area (Å²) in [5.74, 6) is 0.303. The van der Waals surface area contributed by atoms with Gasteiger partial charge in [0.25, 0.3) is 0 Å². The highest BCUT2D eigenvalue weighted by atomic mass is 14.7. The lowest BCUT2D eigenvalue weighted by atomic mass is 9.91. The van der Waals surface area contributed by atoms with Crippen LogP contribution in [0.15, 0.2) is 61.2 Å². The number of aryl methyl sites for hydroxylation is 1. The molecule has 25 heavy (non-hydrogen) atoms. The molecule has 2 aromatic rings. The molecule has 2 nitrogen and oxygen atoms in total. The van der Waals surface area contributed by atoms with Crippen LogP contribution in [-0.4, -0.2) is 4.98 Å². The maximum Gasteiger partial charge on any atom is 0.0998 e. The Bertz CT molecular complexity index is 796. The number of aromatic nitrogens is 1. The molecule has 1 heterocycles. The Balaban J connectivity index is 2.22. The third kappa shape index (κ3) is 4.67. The smallest absolute Gasteiger partial charge is 0.0998 e. The molecule has 0 saturated carbocycles. The zero-order valence-corrected chi connectivity index (χ0v) is 15.3. The summed E-state index contributed by atoms with van der Waals surface area (Å²) in [6.45, 7) is 12.3. The van der Waals surface area contributed by atoms with Crippen molar-refractivity contribution in [3.05, 3.63) is 78.0 Å². The first-order chi connectivity index (χ1) is 12.1. The Hall–Kier alpha value is -2.66. The number of benzene rings is 1. The fourth-order valence-corrected chi connectivity index (χ4v) is 3.07. The standard InChI is InChI=1S/C23H26N2/c1-5-17(3)10-9-12-19(6-2)21-14-15-23(25-18(21)4)22-13-8-7-11-20(22)16-24/h6-8,11,13-15,19H,2-3,5,9-10,12H2,1,4H3. The molecule has 0 aliphatic rings. The van der Waals surface area contributed by atoms with E-state index in [1.807, 2.05) is 43.3 Å². The predicted molar refractivity (Wildman–Crippen MR) is 105 cm³/mol. The monoisotopic (exact) mass is 330 g/mol. The van der Waals surface area contributed by atoms with E-state index in [1.165, 1.54) is 11.1 Å². The predicted octanol–water partition coefficient (Wildman–Crippen LogP) is 6.33. The van der Waals surface area contributed by atoms with Gasteiger partial charge in [0.2, 0.25) is 0 Å². The molecular weight excluding hydrogens is 304 g/mol. The molecule has 1 atom stereocenters. The Kier molecular flexibility index (Phi) is 6.71. The van der Waals surface area contributed by atoms with E-state index in [-0.39, 0.29) is 0 Å². The molecule has 1 aromatic carbocycles. The van der Waals surface area contributed by atoms with Gasteiger partial charge < -0.3 is 0 Å². The minimum Gasteiger partial charge on any atom is -0.253 e. The van der Waals surface area contributed by atoms with Crippen molar-refractivity contribution < 1.29 is 0 Å². The van der Waals surface area contributed by atoms with Crippen LogP contribution < -0.4 is 0 Å². The number of rotatable bonds is 8. The van der Waals surface area contributed by atoms with Crippen LogP contribution in [0.3, 0.4) is 0 Å². The molecule has 0 aliphatic heterocycles. The first-order valence-corrected chi connectivity index (χ1v) is 8.87. The Labute approximate surface area is 151 Å². The lowest BCUT2D eigenvalue weighted by molar-refractivity contribution is 0.662. The van der Waals surface area contributed by atoms with Gasteiger partial charge in [-0.1, -0.05) is 49.4 Å². The average molecular weight is 330 g/mol. The number of nitrogens with zero attached hydrogens (tertiary/aromatic N) is 2. The summed E-state index contributed by atoms with van der Waals surface area (Å²) < 4.78 is 0. The van der Waals surface area contributed by atoms with Crippen LogP contribution >= 0.6 is 0 Å². The molecule has 0 saturated heterocycles. The molecule has 2 rings (SSSR count). The van der Waals surface area contributed by atoms with Crippen molar-refractivity contribution in [2.45, 2.75) is 45.4 Å². The summed E-state index contributed by atoms with van der Waals surface area (Å²) in [4.78, 5) is 4.76. The molecule has 1 unspecified atom stereocenters. The van der Waals surface area contributed by atoms with Gasteiger partial charge in [-0.15, -0.1) is 6.58 Å². The van der Waals surface area contributed by atoms with Gasteiger partial charge in [0, 0.05) is 17.2 Å². The van der Waals surface area contributed by atoms with Crippen molar-refractivity contribution in [1.82, 2.24) is 4.98 Å². The van der Waals surface area contributed by atoms with Crippen LogP contribution in [0.2, 0.25) is 0 Å². The van der Waals surface area contributed by atoms with E-state index in [4.69, 9.17) is 4.98 Å². The Morgan fingerprint density at radius 3 is 2.68 bits per heavy atom. The molecule has 0 fully saturated rings. The fraction of sp³-hybridized carbons (Fsp3) is 0.304. The van der Waals surface area contributed by atoms with E-state index in [0.717, 1.165) is 42.6 Å². The van der Waals surface area contributed by atoms with Crippen molar-refractivity contribution in [2.24, 2.45) is 0 Å². The summed E-state index contributed by atoms with van der Waals surface area (Å²) in [5, 5.41) is 9.29. The fourth-order valence-electron chi connectivity index (χ4n) is 3.07. The highest BCUT2D eigenvalue weighted by molar-refractivity contribution is 5.67. The van der Waals surface area contributed by atoms with Crippen LogP contribution in [0.1, 0.15) is 55.3 Å². The summed E-state index contributed by atoms with van der Waals surface area (Å²) >= 11 is 0. The second-order valence-corrected chi connectivity index (χ2v) is 6.37. The molecule has 0 radical (unpaired) electrons. The zero-order chi connectivity index (χ0) is 18.2. The number of nitriles is 1. The second kappa shape index (κ2) is 8.99. The van der Waals surface area contributed by atoms with Crippen molar-refractivity contribution in [3.8, 4) is 17.3 Å². The highest BCUT2D eigenvalue weighted by Gasteiger charge is 2.13. The Morgan fingerprint density at radius 1 is 1.28 bits per heavy atom. The van der Waals surface area contributed by atoms with E-state index < -0.39 is 0 Å². The van der Waals surface area contributed by atoms with Crippen LogP contribution in [0.25, 0.3) is 11.3 Å². The second-order valence-electron chi connectivity index (χ2n) is 6.37. The van der Waals surface area contributed by atoms with Gasteiger partial charge in [-0.25, -0.2) is 0 Å². The van der Waals surface area contributed by atoms with Crippen molar-refractivity contribution in [1.29, 1.82) is 5.26 Å². The highest BCUT2D eigenvalue weighted by Crippen LogP contribution is 2.29. The minimum atomic E-state index is 0.303. The first-order valence-electron chi connectivity index (χ1n) is 8.87.